The van der Waals surface area contributed by atoms with Gasteiger partial charge in [0, 0.05) is 16.2 Å². The van der Waals surface area contributed by atoms with Gasteiger partial charge in [0.2, 0.25) is 0 Å². The molecule has 0 aromatic heterocycles. The molecular weight excluding hydrogens is 360 g/mol. The van der Waals surface area contributed by atoms with E-state index in [0.29, 0.717) is 18.9 Å². The maximum atomic E-state index is 11.8. The largest absolute Gasteiger partial charge is 0.497 e. The molecule has 6 heteroatoms. The van der Waals surface area contributed by atoms with Crippen LogP contribution in [0.1, 0.15) is 5.56 Å². The molecule has 2 aromatic carbocycles. The number of urea groups is 1. The van der Waals surface area contributed by atoms with Crippen molar-refractivity contribution in [2.45, 2.75) is 6.92 Å². The van der Waals surface area contributed by atoms with Crippen molar-refractivity contribution < 1.29 is 14.3 Å². The van der Waals surface area contributed by atoms with Crippen molar-refractivity contribution in [3.8, 4) is 11.5 Å². The van der Waals surface area contributed by atoms with E-state index in [4.69, 9.17) is 9.47 Å². The topological polar surface area (TPSA) is 59.6 Å². The highest BCUT2D eigenvalue weighted by molar-refractivity contribution is 9.10. The standard InChI is InChI=1S/C17H19BrN2O3/c1-12-6-7-13(10-16(12)18)20-17(21)19-8-9-23-15-5-3-4-14(11-15)22-2/h3-7,10-11H,8-9H2,1-2H3,(H2,19,20,21). The van der Waals surface area contributed by atoms with Gasteiger partial charge in [-0.3, -0.25) is 0 Å². The van der Waals surface area contributed by atoms with E-state index in [1.807, 2.05) is 43.3 Å². The SMILES string of the molecule is COc1cccc(OCCNC(=O)Nc2ccc(C)c(Br)c2)c1. The van der Waals surface area contributed by atoms with Crippen LogP contribution in [0, 0.1) is 6.92 Å². The summed E-state index contributed by atoms with van der Waals surface area (Å²) < 4.78 is 11.6. The number of amides is 2. The van der Waals surface area contributed by atoms with Crippen molar-refractivity contribution >= 4 is 27.6 Å². The average molecular weight is 379 g/mol. The first-order chi connectivity index (χ1) is 11.1. The van der Waals surface area contributed by atoms with Crippen LogP contribution in [0.25, 0.3) is 0 Å². The van der Waals surface area contributed by atoms with Crippen molar-refractivity contribution in [1.29, 1.82) is 0 Å². The number of aryl methyl sites for hydroxylation is 1. The van der Waals surface area contributed by atoms with Crippen molar-refractivity contribution in [2.75, 3.05) is 25.6 Å². The van der Waals surface area contributed by atoms with Crippen molar-refractivity contribution in [3.05, 3.63) is 52.5 Å². The van der Waals surface area contributed by atoms with Gasteiger partial charge < -0.3 is 20.1 Å². The smallest absolute Gasteiger partial charge is 0.319 e. The number of halogens is 1. The molecule has 2 amide bonds. The molecule has 0 heterocycles. The van der Waals surface area contributed by atoms with Gasteiger partial charge in [-0.15, -0.1) is 0 Å². The third kappa shape index (κ3) is 5.49. The molecule has 5 nitrogen and oxygen atoms in total. The fraction of sp³-hybridized carbons (Fsp3) is 0.235. The number of carbonyl (C=O) groups excluding carboxylic acids is 1. The van der Waals surface area contributed by atoms with Crippen molar-refractivity contribution in [3.63, 3.8) is 0 Å². The molecule has 0 aliphatic carbocycles. The lowest BCUT2D eigenvalue weighted by Crippen LogP contribution is -2.32. The zero-order valence-electron chi connectivity index (χ0n) is 13.1. The molecule has 0 bridgehead atoms. The van der Waals surface area contributed by atoms with Gasteiger partial charge in [0.05, 0.1) is 13.7 Å². The lowest BCUT2D eigenvalue weighted by molar-refractivity contribution is 0.247. The average Bonchev–Trinajstić information content (AvgIpc) is 2.55. The van der Waals surface area contributed by atoms with E-state index in [2.05, 4.69) is 26.6 Å². The van der Waals surface area contributed by atoms with E-state index < -0.39 is 0 Å². The molecule has 0 atom stereocenters. The summed E-state index contributed by atoms with van der Waals surface area (Å²) in [6.45, 7) is 2.76. The fourth-order valence-corrected chi connectivity index (χ4v) is 2.25. The van der Waals surface area contributed by atoms with Gasteiger partial charge in [-0.1, -0.05) is 28.1 Å². The predicted octanol–water partition coefficient (Wildman–Crippen LogP) is 3.97. The summed E-state index contributed by atoms with van der Waals surface area (Å²) in [6, 6.07) is 12.7. The van der Waals surface area contributed by atoms with E-state index >= 15 is 0 Å². The Kier molecular flexibility index (Phi) is 6.29. The molecule has 2 N–H and O–H groups in total. The van der Waals surface area contributed by atoms with Crippen LogP contribution >= 0.6 is 15.9 Å². The number of methoxy groups -OCH3 is 1. The van der Waals surface area contributed by atoms with Gasteiger partial charge in [0.1, 0.15) is 18.1 Å². The molecule has 0 spiro atoms. The fourth-order valence-electron chi connectivity index (χ4n) is 1.87. The van der Waals surface area contributed by atoms with E-state index in [0.717, 1.165) is 21.5 Å². The Balaban J connectivity index is 1.73. The zero-order valence-corrected chi connectivity index (χ0v) is 14.6. The van der Waals surface area contributed by atoms with E-state index in [-0.39, 0.29) is 6.03 Å². The number of rotatable bonds is 6. The second kappa shape index (κ2) is 8.43. The number of nitrogens with one attached hydrogen (secondary N) is 2. The van der Waals surface area contributed by atoms with E-state index in [9.17, 15) is 4.79 Å². The highest BCUT2D eigenvalue weighted by Crippen LogP contribution is 2.20. The summed E-state index contributed by atoms with van der Waals surface area (Å²) in [5.74, 6) is 1.44. The van der Waals surface area contributed by atoms with Gasteiger partial charge in [0.15, 0.2) is 0 Å². The summed E-state index contributed by atoms with van der Waals surface area (Å²) in [6.07, 6.45) is 0. The molecule has 2 rings (SSSR count). The summed E-state index contributed by atoms with van der Waals surface area (Å²) in [4.78, 5) is 11.8. The van der Waals surface area contributed by atoms with E-state index in [1.54, 1.807) is 13.2 Å². The maximum Gasteiger partial charge on any atom is 0.319 e. The number of ether oxygens (including phenoxy) is 2. The predicted molar refractivity (Wildman–Crippen MR) is 94.4 cm³/mol. The summed E-state index contributed by atoms with van der Waals surface area (Å²) in [7, 11) is 1.61. The lowest BCUT2D eigenvalue weighted by Gasteiger charge is -2.10. The first-order valence-corrected chi connectivity index (χ1v) is 7.95. The molecule has 23 heavy (non-hydrogen) atoms. The second-order valence-electron chi connectivity index (χ2n) is 4.87. The van der Waals surface area contributed by atoms with Crippen LogP contribution in [-0.4, -0.2) is 26.3 Å². The van der Waals surface area contributed by atoms with E-state index in [1.165, 1.54) is 0 Å². The van der Waals surface area contributed by atoms with Gasteiger partial charge in [-0.25, -0.2) is 4.79 Å². The Hall–Kier alpha value is -2.21. The zero-order chi connectivity index (χ0) is 16.7. The number of hydrogen-bond acceptors (Lipinski definition) is 3. The second-order valence-corrected chi connectivity index (χ2v) is 5.73. The van der Waals surface area contributed by atoms with Gasteiger partial charge in [0.25, 0.3) is 0 Å². The highest BCUT2D eigenvalue weighted by Gasteiger charge is 2.03. The van der Waals surface area contributed by atoms with Gasteiger partial charge >= 0.3 is 6.03 Å². The van der Waals surface area contributed by atoms with Crippen LogP contribution in [0.5, 0.6) is 11.5 Å². The summed E-state index contributed by atoms with van der Waals surface area (Å²) >= 11 is 3.44. The maximum absolute atomic E-state index is 11.8. The van der Waals surface area contributed by atoms with Crippen LogP contribution < -0.4 is 20.1 Å². The molecule has 0 aliphatic rings. The molecule has 0 radical (unpaired) electrons. The molecule has 0 saturated heterocycles. The Bertz CT molecular complexity index is 677. The normalized spacial score (nSPS) is 10.0. The number of carbonyl (C=O) groups is 1. The summed E-state index contributed by atoms with van der Waals surface area (Å²) in [5, 5.41) is 5.51. The molecule has 0 unspecified atom stereocenters. The van der Waals surface area contributed by atoms with Crippen molar-refractivity contribution in [2.24, 2.45) is 0 Å². The lowest BCUT2D eigenvalue weighted by atomic mass is 10.2. The van der Waals surface area contributed by atoms with Crippen LogP contribution in [-0.2, 0) is 0 Å². The molecule has 0 aliphatic heterocycles. The molecule has 0 saturated carbocycles. The van der Waals surface area contributed by atoms with Crippen LogP contribution in [0.2, 0.25) is 0 Å². The van der Waals surface area contributed by atoms with Crippen LogP contribution in [0.4, 0.5) is 10.5 Å². The minimum absolute atomic E-state index is 0.269. The third-order valence-corrected chi connectivity index (χ3v) is 3.98. The Morgan fingerprint density at radius 1 is 1.17 bits per heavy atom. The Morgan fingerprint density at radius 2 is 1.96 bits per heavy atom. The summed E-state index contributed by atoms with van der Waals surface area (Å²) in [5.41, 5.74) is 1.84. The Labute approximate surface area is 144 Å². The quantitative estimate of drug-likeness (QED) is 0.747. The highest BCUT2D eigenvalue weighted by atomic mass is 79.9. The number of anilines is 1. The minimum Gasteiger partial charge on any atom is -0.497 e. The number of benzene rings is 2. The Morgan fingerprint density at radius 3 is 2.70 bits per heavy atom. The van der Waals surface area contributed by atoms with Crippen LogP contribution in [0.3, 0.4) is 0 Å². The number of hydrogen-bond donors (Lipinski definition) is 2. The molecule has 0 fully saturated rings. The third-order valence-electron chi connectivity index (χ3n) is 3.13. The minimum atomic E-state index is -0.269. The molecule has 122 valence electrons. The van der Waals surface area contributed by atoms with Crippen LogP contribution in [0.15, 0.2) is 46.9 Å². The monoisotopic (exact) mass is 378 g/mol. The first-order valence-electron chi connectivity index (χ1n) is 7.16. The molecule has 2 aromatic rings. The van der Waals surface area contributed by atoms with Gasteiger partial charge in [-0.2, -0.15) is 0 Å². The van der Waals surface area contributed by atoms with Gasteiger partial charge in [-0.05, 0) is 36.8 Å². The first kappa shape index (κ1) is 17.1. The molecular formula is C17H19BrN2O3. The van der Waals surface area contributed by atoms with Crippen molar-refractivity contribution in [1.82, 2.24) is 5.32 Å².